The van der Waals surface area contributed by atoms with Crippen LogP contribution < -0.4 is 10.1 Å². The van der Waals surface area contributed by atoms with Gasteiger partial charge in [0.1, 0.15) is 5.75 Å². The van der Waals surface area contributed by atoms with Crippen molar-refractivity contribution in [1.29, 1.82) is 0 Å². The number of halogens is 1. The second-order valence-electron chi connectivity index (χ2n) is 3.27. The highest BCUT2D eigenvalue weighted by atomic mass is 35.5. The Hall–Kier alpha value is -1.42. The zero-order valence-electron chi connectivity index (χ0n) is 9.00. The summed E-state index contributed by atoms with van der Waals surface area (Å²) in [5.74, 6) is -0.0799. The SMILES string of the molecule is COc1ccc(Cl)c(NCCCC(=O)O)c1. The van der Waals surface area contributed by atoms with E-state index in [1.807, 2.05) is 0 Å². The quantitative estimate of drug-likeness (QED) is 0.754. The highest BCUT2D eigenvalue weighted by molar-refractivity contribution is 6.33. The van der Waals surface area contributed by atoms with Crippen LogP contribution in [0.15, 0.2) is 18.2 Å². The minimum absolute atomic E-state index is 0.147. The van der Waals surface area contributed by atoms with Gasteiger partial charge in [-0.15, -0.1) is 0 Å². The third-order valence-corrected chi connectivity index (χ3v) is 2.39. The van der Waals surface area contributed by atoms with Crippen molar-refractivity contribution in [1.82, 2.24) is 0 Å². The van der Waals surface area contributed by atoms with E-state index in [9.17, 15) is 4.79 Å². The van der Waals surface area contributed by atoms with Gasteiger partial charge in [0.05, 0.1) is 17.8 Å². The van der Waals surface area contributed by atoms with Crippen molar-refractivity contribution in [3.05, 3.63) is 23.2 Å². The minimum Gasteiger partial charge on any atom is -0.497 e. The summed E-state index contributed by atoms with van der Waals surface area (Å²) in [6.45, 7) is 0.569. The number of carboxylic acid groups (broad SMARTS) is 1. The molecule has 1 rings (SSSR count). The first-order chi connectivity index (χ1) is 7.63. The molecule has 2 N–H and O–H groups in total. The fraction of sp³-hybridized carbons (Fsp3) is 0.364. The van der Waals surface area contributed by atoms with Gasteiger partial charge in [-0.25, -0.2) is 0 Å². The van der Waals surface area contributed by atoms with Crippen molar-refractivity contribution >= 4 is 23.3 Å². The first-order valence-electron chi connectivity index (χ1n) is 4.92. The Labute approximate surface area is 99.2 Å². The molecule has 0 spiro atoms. The number of nitrogens with one attached hydrogen (secondary N) is 1. The summed E-state index contributed by atoms with van der Waals surface area (Å²) in [5.41, 5.74) is 0.756. The van der Waals surface area contributed by atoms with E-state index in [1.54, 1.807) is 25.3 Å². The molecule has 0 amide bonds. The van der Waals surface area contributed by atoms with Gasteiger partial charge in [0.2, 0.25) is 0 Å². The Kier molecular flexibility index (Phi) is 4.92. The third-order valence-electron chi connectivity index (χ3n) is 2.06. The van der Waals surface area contributed by atoms with Gasteiger partial charge in [0, 0.05) is 19.0 Å². The third kappa shape index (κ3) is 3.98. The maximum atomic E-state index is 10.3. The maximum absolute atomic E-state index is 10.3. The number of benzene rings is 1. The standard InChI is InChI=1S/C11H14ClNO3/c1-16-8-4-5-9(12)10(7-8)13-6-2-3-11(14)15/h4-5,7,13H,2-3,6H2,1H3,(H,14,15). The molecular weight excluding hydrogens is 230 g/mol. The molecule has 0 bridgehead atoms. The Balaban J connectivity index is 2.49. The van der Waals surface area contributed by atoms with Crippen LogP contribution in [0.4, 0.5) is 5.69 Å². The summed E-state index contributed by atoms with van der Waals surface area (Å²) in [4.78, 5) is 10.3. The average Bonchev–Trinajstić information content (AvgIpc) is 2.26. The van der Waals surface area contributed by atoms with Crippen molar-refractivity contribution in [2.75, 3.05) is 19.0 Å². The Morgan fingerprint density at radius 1 is 1.56 bits per heavy atom. The molecule has 0 unspecified atom stereocenters. The first-order valence-corrected chi connectivity index (χ1v) is 5.30. The number of hydrogen-bond acceptors (Lipinski definition) is 3. The minimum atomic E-state index is -0.793. The molecule has 0 saturated carbocycles. The van der Waals surface area contributed by atoms with E-state index in [-0.39, 0.29) is 6.42 Å². The van der Waals surface area contributed by atoms with E-state index in [1.165, 1.54) is 0 Å². The monoisotopic (exact) mass is 243 g/mol. The highest BCUT2D eigenvalue weighted by Gasteiger charge is 2.02. The van der Waals surface area contributed by atoms with Gasteiger partial charge in [0.15, 0.2) is 0 Å². The van der Waals surface area contributed by atoms with Gasteiger partial charge in [0.25, 0.3) is 0 Å². The Morgan fingerprint density at radius 2 is 2.31 bits per heavy atom. The van der Waals surface area contributed by atoms with Gasteiger partial charge in [-0.1, -0.05) is 11.6 Å². The molecule has 1 aromatic carbocycles. The molecule has 0 fully saturated rings. The van der Waals surface area contributed by atoms with Crippen LogP contribution in [0.2, 0.25) is 5.02 Å². The molecule has 1 aromatic rings. The lowest BCUT2D eigenvalue weighted by atomic mass is 10.2. The molecule has 88 valence electrons. The van der Waals surface area contributed by atoms with Crippen LogP contribution in [-0.4, -0.2) is 24.7 Å². The molecule has 0 aliphatic heterocycles. The van der Waals surface area contributed by atoms with E-state index in [0.29, 0.717) is 23.7 Å². The zero-order valence-corrected chi connectivity index (χ0v) is 9.75. The van der Waals surface area contributed by atoms with Crippen molar-refractivity contribution < 1.29 is 14.6 Å². The largest absolute Gasteiger partial charge is 0.497 e. The summed E-state index contributed by atoms with van der Waals surface area (Å²) < 4.78 is 5.06. The van der Waals surface area contributed by atoms with Gasteiger partial charge >= 0.3 is 5.97 Å². The fourth-order valence-corrected chi connectivity index (χ4v) is 1.41. The number of anilines is 1. The normalized spacial score (nSPS) is 9.88. The lowest BCUT2D eigenvalue weighted by Crippen LogP contribution is -2.05. The first kappa shape index (κ1) is 12.6. The van der Waals surface area contributed by atoms with Crippen LogP contribution in [0.3, 0.4) is 0 Å². The van der Waals surface area contributed by atoms with E-state index in [4.69, 9.17) is 21.4 Å². The Morgan fingerprint density at radius 3 is 2.94 bits per heavy atom. The average molecular weight is 244 g/mol. The molecule has 0 saturated heterocycles. The van der Waals surface area contributed by atoms with Crippen LogP contribution in [-0.2, 0) is 4.79 Å². The smallest absolute Gasteiger partial charge is 0.303 e. The molecule has 0 aliphatic carbocycles. The second-order valence-corrected chi connectivity index (χ2v) is 3.68. The lowest BCUT2D eigenvalue weighted by molar-refractivity contribution is -0.137. The van der Waals surface area contributed by atoms with Crippen LogP contribution >= 0.6 is 11.6 Å². The summed E-state index contributed by atoms with van der Waals surface area (Å²) in [6.07, 6.45) is 0.706. The van der Waals surface area contributed by atoms with Crippen LogP contribution in [0.1, 0.15) is 12.8 Å². The molecule has 4 nitrogen and oxygen atoms in total. The van der Waals surface area contributed by atoms with Crippen LogP contribution in [0.25, 0.3) is 0 Å². The van der Waals surface area contributed by atoms with Crippen LogP contribution in [0.5, 0.6) is 5.75 Å². The van der Waals surface area contributed by atoms with E-state index in [0.717, 1.165) is 5.69 Å². The number of rotatable bonds is 6. The van der Waals surface area contributed by atoms with Crippen molar-refractivity contribution in [3.63, 3.8) is 0 Å². The summed E-state index contributed by atoms with van der Waals surface area (Å²) in [7, 11) is 1.58. The number of carboxylic acids is 1. The summed E-state index contributed by atoms with van der Waals surface area (Å²) >= 11 is 5.96. The van der Waals surface area contributed by atoms with E-state index in [2.05, 4.69) is 5.32 Å². The molecular formula is C11H14ClNO3. The predicted octanol–water partition coefficient (Wildman–Crippen LogP) is 2.63. The number of carbonyl (C=O) groups is 1. The van der Waals surface area contributed by atoms with Gasteiger partial charge < -0.3 is 15.2 Å². The Bertz CT molecular complexity index is 368. The highest BCUT2D eigenvalue weighted by Crippen LogP contribution is 2.26. The van der Waals surface area contributed by atoms with Gasteiger partial charge in [-0.2, -0.15) is 0 Å². The molecule has 0 aliphatic rings. The van der Waals surface area contributed by atoms with Gasteiger partial charge in [-0.3, -0.25) is 4.79 Å². The number of methoxy groups -OCH3 is 1. The predicted molar refractivity (Wildman–Crippen MR) is 63.4 cm³/mol. The van der Waals surface area contributed by atoms with Crippen molar-refractivity contribution in [2.45, 2.75) is 12.8 Å². The van der Waals surface area contributed by atoms with Crippen LogP contribution in [0, 0.1) is 0 Å². The summed E-state index contributed by atoms with van der Waals surface area (Å²) in [5, 5.41) is 12.1. The number of hydrogen-bond donors (Lipinski definition) is 2. The fourth-order valence-electron chi connectivity index (χ4n) is 1.23. The zero-order chi connectivity index (χ0) is 12.0. The molecule has 0 radical (unpaired) electrons. The number of ether oxygens (including phenoxy) is 1. The second kappa shape index (κ2) is 6.23. The molecule has 16 heavy (non-hydrogen) atoms. The van der Waals surface area contributed by atoms with Crippen molar-refractivity contribution in [2.24, 2.45) is 0 Å². The topological polar surface area (TPSA) is 58.6 Å². The molecule has 0 atom stereocenters. The van der Waals surface area contributed by atoms with E-state index < -0.39 is 5.97 Å². The lowest BCUT2D eigenvalue weighted by Gasteiger charge is -2.09. The molecule has 0 heterocycles. The summed E-state index contributed by atoms with van der Waals surface area (Å²) in [6, 6.07) is 5.29. The number of aliphatic carboxylic acids is 1. The van der Waals surface area contributed by atoms with Gasteiger partial charge in [-0.05, 0) is 18.6 Å². The van der Waals surface area contributed by atoms with Crippen molar-refractivity contribution in [3.8, 4) is 5.75 Å². The maximum Gasteiger partial charge on any atom is 0.303 e. The van der Waals surface area contributed by atoms with E-state index >= 15 is 0 Å². The molecule has 5 heteroatoms. The molecule has 0 aromatic heterocycles.